The largest absolute Gasteiger partial charge is 0.376 e. The Balaban J connectivity index is 2.05. The van der Waals surface area contributed by atoms with E-state index in [0.717, 1.165) is 31.6 Å². The van der Waals surface area contributed by atoms with Gasteiger partial charge in [-0.2, -0.15) is 0 Å². The third-order valence-corrected chi connectivity index (χ3v) is 5.24. The number of pyridine rings is 1. The summed E-state index contributed by atoms with van der Waals surface area (Å²) in [4.78, 5) is 9.46. The molecule has 0 saturated heterocycles. The van der Waals surface area contributed by atoms with Crippen molar-refractivity contribution >= 4 is 16.7 Å². The summed E-state index contributed by atoms with van der Waals surface area (Å²) in [6.45, 7) is 4.33. The van der Waals surface area contributed by atoms with Crippen LogP contribution in [-0.4, -0.2) is 48.7 Å². The van der Waals surface area contributed by atoms with Crippen LogP contribution in [0.2, 0.25) is 0 Å². The maximum atomic E-state index is 4.84. The second-order valence-electron chi connectivity index (χ2n) is 7.33. The molecule has 3 aromatic rings. The van der Waals surface area contributed by atoms with E-state index >= 15 is 0 Å². The van der Waals surface area contributed by atoms with Crippen LogP contribution in [0.4, 0.5) is 5.69 Å². The monoisotopic (exact) mass is 334 g/mol. The molecule has 4 heteroatoms. The molecule has 1 aliphatic rings. The van der Waals surface area contributed by atoms with Crippen LogP contribution < -0.4 is 4.90 Å². The van der Waals surface area contributed by atoms with E-state index in [1.165, 1.54) is 33.6 Å². The van der Waals surface area contributed by atoms with E-state index in [1.54, 1.807) is 0 Å². The normalized spacial score (nSPS) is 15.2. The first-order valence-corrected chi connectivity index (χ1v) is 9.00. The van der Waals surface area contributed by atoms with E-state index in [4.69, 9.17) is 4.98 Å². The highest BCUT2D eigenvalue weighted by Crippen LogP contribution is 2.34. The minimum atomic E-state index is 1.06. The highest BCUT2D eigenvalue weighted by atomic mass is 15.1. The van der Waals surface area contributed by atoms with Crippen molar-refractivity contribution in [3.8, 4) is 5.69 Å². The molecule has 25 heavy (non-hydrogen) atoms. The molecule has 130 valence electrons. The third kappa shape index (κ3) is 2.71. The zero-order valence-corrected chi connectivity index (χ0v) is 15.6. The SMILES string of the molecule is Cc1cnc2c(c1)c1c(n2-c2ccccc2N(C)C)CCN(C)CC1. The summed E-state index contributed by atoms with van der Waals surface area (Å²) in [5, 5.41) is 1.32. The van der Waals surface area contributed by atoms with Gasteiger partial charge in [-0.25, -0.2) is 4.98 Å². The number of hydrogen-bond acceptors (Lipinski definition) is 3. The first-order valence-electron chi connectivity index (χ1n) is 9.00. The Morgan fingerprint density at radius 2 is 1.84 bits per heavy atom. The minimum absolute atomic E-state index is 1.06. The molecule has 2 aromatic heterocycles. The molecule has 0 N–H and O–H groups in total. The average molecular weight is 334 g/mol. The van der Waals surface area contributed by atoms with Gasteiger partial charge >= 0.3 is 0 Å². The lowest BCUT2D eigenvalue weighted by atomic mass is 10.1. The summed E-state index contributed by atoms with van der Waals surface area (Å²) in [6, 6.07) is 10.9. The van der Waals surface area contributed by atoms with Crippen molar-refractivity contribution in [1.82, 2.24) is 14.5 Å². The van der Waals surface area contributed by atoms with Crippen molar-refractivity contribution in [2.45, 2.75) is 19.8 Å². The molecule has 0 amide bonds. The number of para-hydroxylation sites is 2. The number of benzene rings is 1. The number of rotatable bonds is 2. The quantitative estimate of drug-likeness (QED) is 0.718. The van der Waals surface area contributed by atoms with Gasteiger partial charge in [0.05, 0.1) is 11.4 Å². The molecule has 0 saturated carbocycles. The van der Waals surface area contributed by atoms with E-state index in [1.807, 2.05) is 6.20 Å². The standard InChI is InChI=1S/C21H26N4/c1-15-13-17-16-9-11-24(4)12-10-18(16)25(21(17)22-14-15)20-8-6-5-7-19(20)23(2)3/h5-8,13-14H,9-12H2,1-4H3. The summed E-state index contributed by atoms with van der Waals surface area (Å²) >= 11 is 0. The lowest BCUT2D eigenvalue weighted by Gasteiger charge is -2.20. The summed E-state index contributed by atoms with van der Waals surface area (Å²) < 4.78 is 2.40. The first kappa shape index (κ1) is 16.2. The summed E-state index contributed by atoms with van der Waals surface area (Å²) in [5.74, 6) is 0. The molecule has 0 atom stereocenters. The van der Waals surface area contributed by atoms with Gasteiger partial charge in [-0.05, 0) is 49.7 Å². The van der Waals surface area contributed by atoms with Crippen LogP contribution in [-0.2, 0) is 12.8 Å². The molecular formula is C21H26N4. The van der Waals surface area contributed by atoms with Crippen LogP contribution >= 0.6 is 0 Å². The van der Waals surface area contributed by atoms with Crippen LogP contribution in [0.1, 0.15) is 16.8 Å². The fourth-order valence-electron chi connectivity index (χ4n) is 3.92. The van der Waals surface area contributed by atoms with Crippen LogP contribution in [0.15, 0.2) is 36.5 Å². The summed E-state index contributed by atoms with van der Waals surface area (Å²) in [7, 11) is 6.43. The molecule has 1 aromatic carbocycles. The molecular weight excluding hydrogens is 308 g/mol. The van der Waals surface area contributed by atoms with Gasteiger partial charge in [0, 0.05) is 50.9 Å². The Kier molecular flexibility index (Phi) is 4.00. The fourth-order valence-corrected chi connectivity index (χ4v) is 3.92. The Bertz CT molecular complexity index is 923. The van der Waals surface area contributed by atoms with E-state index in [9.17, 15) is 0 Å². The van der Waals surface area contributed by atoms with Gasteiger partial charge in [-0.1, -0.05) is 12.1 Å². The topological polar surface area (TPSA) is 24.3 Å². The zero-order chi connectivity index (χ0) is 17.6. The second kappa shape index (κ2) is 6.19. The van der Waals surface area contributed by atoms with Gasteiger partial charge in [0.2, 0.25) is 0 Å². The molecule has 1 aliphatic heterocycles. The Labute approximate surface area is 149 Å². The molecule has 0 unspecified atom stereocenters. The number of anilines is 1. The van der Waals surface area contributed by atoms with Crippen LogP contribution in [0.5, 0.6) is 0 Å². The van der Waals surface area contributed by atoms with Gasteiger partial charge in [0.1, 0.15) is 5.65 Å². The minimum Gasteiger partial charge on any atom is -0.376 e. The molecule has 0 aliphatic carbocycles. The number of likely N-dealkylation sites (N-methyl/N-ethyl adjacent to an activating group) is 1. The predicted octanol–water partition coefficient (Wildman–Crippen LogP) is 3.43. The summed E-state index contributed by atoms with van der Waals surface area (Å²) in [6.07, 6.45) is 4.14. The number of nitrogens with zero attached hydrogens (tertiary/aromatic N) is 4. The molecule has 0 radical (unpaired) electrons. The molecule has 4 rings (SSSR count). The van der Waals surface area contributed by atoms with Crippen molar-refractivity contribution < 1.29 is 0 Å². The van der Waals surface area contributed by atoms with Gasteiger partial charge in [-0.3, -0.25) is 4.57 Å². The van der Waals surface area contributed by atoms with Crippen LogP contribution in [0.3, 0.4) is 0 Å². The lowest BCUT2D eigenvalue weighted by Crippen LogP contribution is -2.21. The van der Waals surface area contributed by atoms with Gasteiger partial charge in [-0.15, -0.1) is 0 Å². The Hall–Kier alpha value is -2.33. The number of fused-ring (bicyclic) bond motifs is 3. The number of aromatic nitrogens is 2. The van der Waals surface area contributed by atoms with Crippen molar-refractivity contribution in [3.05, 3.63) is 53.3 Å². The van der Waals surface area contributed by atoms with Gasteiger partial charge < -0.3 is 9.80 Å². The van der Waals surface area contributed by atoms with Gasteiger partial charge in [0.25, 0.3) is 0 Å². The Morgan fingerprint density at radius 1 is 1.08 bits per heavy atom. The zero-order valence-electron chi connectivity index (χ0n) is 15.6. The molecule has 3 heterocycles. The van der Waals surface area contributed by atoms with Crippen molar-refractivity contribution in [2.24, 2.45) is 0 Å². The number of hydrogen-bond donors (Lipinski definition) is 0. The molecule has 0 bridgehead atoms. The van der Waals surface area contributed by atoms with E-state index in [-0.39, 0.29) is 0 Å². The number of aryl methyl sites for hydroxylation is 1. The average Bonchev–Trinajstić information content (AvgIpc) is 2.77. The smallest absolute Gasteiger partial charge is 0.145 e. The van der Waals surface area contributed by atoms with E-state index in [2.05, 4.69) is 72.8 Å². The molecule has 0 spiro atoms. The van der Waals surface area contributed by atoms with Gasteiger partial charge in [0.15, 0.2) is 0 Å². The summed E-state index contributed by atoms with van der Waals surface area (Å²) in [5.41, 5.74) is 7.66. The maximum absolute atomic E-state index is 4.84. The van der Waals surface area contributed by atoms with E-state index in [0.29, 0.717) is 0 Å². The Morgan fingerprint density at radius 3 is 2.64 bits per heavy atom. The maximum Gasteiger partial charge on any atom is 0.145 e. The van der Waals surface area contributed by atoms with Crippen molar-refractivity contribution in [2.75, 3.05) is 39.1 Å². The molecule has 0 fully saturated rings. The highest BCUT2D eigenvalue weighted by Gasteiger charge is 2.23. The highest BCUT2D eigenvalue weighted by molar-refractivity contribution is 5.86. The van der Waals surface area contributed by atoms with Crippen molar-refractivity contribution in [3.63, 3.8) is 0 Å². The van der Waals surface area contributed by atoms with Crippen molar-refractivity contribution in [1.29, 1.82) is 0 Å². The van der Waals surface area contributed by atoms with Crippen LogP contribution in [0.25, 0.3) is 16.7 Å². The molecule has 4 nitrogen and oxygen atoms in total. The fraction of sp³-hybridized carbons (Fsp3) is 0.381. The van der Waals surface area contributed by atoms with Crippen LogP contribution in [0, 0.1) is 6.92 Å². The first-order chi connectivity index (χ1) is 12.1. The van der Waals surface area contributed by atoms with E-state index < -0.39 is 0 Å². The second-order valence-corrected chi connectivity index (χ2v) is 7.33. The lowest BCUT2D eigenvalue weighted by molar-refractivity contribution is 0.351. The third-order valence-electron chi connectivity index (χ3n) is 5.24. The predicted molar refractivity (Wildman–Crippen MR) is 105 cm³/mol.